The maximum atomic E-state index is 11.7. The molecule has 1 amide bonds. The van der Waals surface area contributed by atoms with Crippen molar-refractivity contribution in [3.05, 3.63) is 24.3 Å². The van der Waals surface area contributed by atoms with Crippen molar-refractivity contribution >= 4 is 17.7 Å². The summed E-state index contributed by atoms with van der Waals surface area (Å²) in [7, 11) is 4.70. The van der Waals surface area contributed by atoms with Crippen LogP contribution in [0.15, 0.2) is 29.3 Å². The van der Waals surface area contributed by atoms with Crippen LogP contribution in [0.1, 0.15) is 12.8 Å². The third kappa shape index (κ3) is 4.37. The Morgan fingerprint density at radius 2 is 1.81 bits per heavy atom. The normalized spacial score (nSPS) is 13.2. The third-order valence-corrected chi connectivity index (χ3v) is 4.81. The van der Waals surface area contributed by atoms with Crippen LogP contribution in [0.25, 0.3) is 11.3 Å². The van der Waals surface area contributed by atoms with Crippen LogP contribution in [-0.4, -0.2) is 49.2 Å². The Labute approximate surface area is 156 Å². The molecule has 1 aliphatic carbocycles. The number of ether oxygens (including phenoxy) is 3. The molecule has 2 aromatic rings. The molecule has 0 radical (unpaired) electrons. The molecule has 0 unspecified atom stereocenters. The molecule has 1 N–H and O–H groups in total. The van der Waals surface area contributed by atoms with E-state index >= 15 is 0 Å². The van der Waals surface area contributed by atoms with Gasteiger partial charge in [0.05, 0.1) is 32.8 Å². The molecule has 7 nitrogen and oxygen atoms in total. The number of rotatable bonds is 8. The standard InChI is InChI=1S/C18H21N3O4S/c1-23-14-8-11(9-15(24-2)18(14)25-3)13-6-7-17(21-20-13)26-10-16(22)19-12-4-5-12/h6-9,12H,4-5,10H2,1-3H3,(H,19,22). The number of hydrogen-bond donors (Lipinski definition) is 1. The summed E-state index contributed by atoms with van der Waals surface area (Å²) < 4.78 is 16.1. The Morgan fingerprint density at radius 1 is 1.12 bits per heavy atom. The molecule has 1 aromatic carbocycles. The topological polar surface area (TPSA) is 82.6 Å². The van der Waals surface area contributed by atoms with E-state index in [4.69, 9.17) is 14.2 Å². The Kier molecular flexibility index (Phi) is 5.82. The fourth-order valence-corrected chi connectivity index (χ4v) is 3.04. The van der Waals surface area contributed by atoms with Gasteiger partial charge in [0.2, 0.25) is 11.7 Å². The van der Waals surface area contributed by atoms with Gasteiger partial charge in [-0.25, -0.2) is 0 Å². The number of nitrogens with one attached hydrogen (secondary N) is 1. The van der Waals surface area contributed by atoms with Crippen LogP contribution in [0.3, 0.4) is 0 Å². The largest absolute Gasteiger partial charge is 0.493 e. The number of thioether (sulfide) groups is 1. The van der Waals surface area contributed by atoms with Crippen LogP contribution in [0.2, 0.25) is 0 Å². The number of carbonyl (C=O) groups excluding carboxylic acids is 1. The first-order chi connectivity index (χ1) is 12.6. The summed E-state index contributed by atoms with van der Waals surface area (Å²) in [5.41, 5.74) is 1.48. The van der Waals surface area contributed by atoms with Gasteiger partial charge in [0.15, 0.2) is 11.5 Å². The van der Waals surface area contributed by atoms with Gasteiger partial charge in [-0.1, -0.05) is 11.8 Å². The average Bonchev–Trinajstić information content (AvgIpc) is 3.49. The fourth-order valence-electron chi connectivity index (χ4n) is 2.42. The summed E-state index contributed by atoms with van der Waals surface area (Å²) in [5, 5.41) is 12.1. The van der Waals surface area contributed by atoms with Gasteiger partial charge in [0, 0.05) is 11.6 Å². The molecular formula is C18H21N3O4S. The molecule has 0 spiro atoms. The average molecular weight is 375 g/mol. The lowest BCUT2D eigenvalue weighted by atomic mass is 10.1. The first-order valence-corrected chi connectivity index (χ1v) is 9.19. The number of carbonyl (C=O) groups is 1. The second-order valence-corrected chi connectivity index (χ2v) is 6.80. The van der Waals surface area contributed by atoms with E-state index in [1.807, 2.05) is 24.3 Å². The molecule has 1 fully saturated rings. The Bertz CT molecular complexity index is 754. The molecule has 0 aliphatic heterocycles. The third-order valence-electron chi connectivity index (χ3n) is 3.89. The van der Waals surface area contributed by atoms with Crippen molar-refractivity contribution in [2.24, 2.45) is 0 Å². The van der Waals surface area contributed by atoms with Crippen molar-refractivity contribution in [3.8, 4) is 28.5 Å². The van der Waals surface area contributed by atoms with E-state index in [9.17, 15) is 4.79 Å². The van der Waals surface area contributed by atoms with Crippen molar-refractivity contribution in [2.45, 2.75) is 23.9 Å². The van der Waals surface area contributed by atoms with Crippen LogP contribution in [0.5, 0.6) is 17.2 Å². The molecule has 8 heteroatoms. The summed E-state index contributed by atoms with van der Waals surface area (Å²) in [6.07, 6.45) is 2.17. The molecule has 1 heterocycles. The number of methoxy groups -OCH3 is 3. The summed E-state index contributed by atoms with van der Waals surface area (Å²) >= 11 is 1.37. The molecule has 1 aliphatic rings. The summed E-state index contributed by atoms with van der Waals surface area (Å²) in [6, 6.07) is 7.72. The van der Waals surface area contributed by atoms with Gasteiger partial charge in [-0.2, -0.15) is 0 Å². The molecular weight excluding hydrogens is 354 g/mol. The number of hydrogen-bond acceptors (Lipinski definition) is 7. The molecule has 0 saturated heterocycles. The Balaban J connectivity index is 1.72. The van der Waals surface area contributed by atoms with E-state index in [1.165, 1.54) is 11.8 Å². The number of benzene rings is 1. The predicted octanol–water partition coefficient (Wildman–Crippen LogP) is 2.54. The monoisotopic (exact) mass is 375 g/mol. The van der Waals surface area contributed by atoms with E-state index in [0.717, 1.165) is 18.4 Å². The predicted molar refractivity (Wildman–Crippen MR) is 99.0 cm³/mol. The number of amides is 1. The number of nitrogens with zero attached hydrogens (tertiary/aromatic N) is 2. The highest BCUT2D eigenvalue weighted by Crippen LogP contribution is 2.40. The van der Waals surface area contributed by atoms with Crippen LogP contribution in [0.4, 0.5) is 0 Å². The fraction of sp³-hybridized carbons (Fsp3) is 0.389. The van der Waals surface area contributed by atoms with Gasteiger partial charge < -0.3 is 19.5 Å². The minimum atomic E-state index is 0.0352. The minimum Gasteiger partial charge on any atom is -0.493 e. The molecule has 0 atom stereocenters. The van der Waals surface area contributed by atoms with Crippen LogP contribution in [-0.2, 0) is 4.79 Å². The SMILES string of the molecule is COc1cc(-c2ccc(SCC(=O)NC3CC3)nn2)cc(OC)c1OC. The first kappa shape index (κ1) is 18.3. The van der Waals surface area contributed by atoms with Gasteiger partial charge in [-0.3, -0.25) is 4.79 Å². The highest BCUT2D eigenvalue weighted by Gasteiger charge is 2.23. The van der Waals surface area contributed by atoms with E-state index in [2.05, 4.69) is 15.5 Å². The summed E-state index contributed by atoms with van der Waals surface area (Å²) in [6.45, 7) is 0. The maximum Gasteiger partial charge on any atom is 0.230 e. The van der Waals surface area contributed by atoms with Crippen molar-refractivity contribution in [3.63, 3.8) is 0 Å². The maximum absolute atomic E-state index is 11.7. The zero-order valence-corrected chi connectivity index (χ0v) is 15.8. The molecule has 138 valence electrons. The second kappa shape index (κ2) is 8.27. The zero-order chi connectivity index (χ0) is 18.5. The van der Waals surface area contributed by atoms with Crippen molar-refractivity contribution < 1.29 is 19.0 Å². The van der Waals surface area contributed by atoms with Crippen molar-refractivity contribution in [2.75, 3.05) is 27.1 Å². The second-order valence-electron chi connectivity index (χ2n) is 5.80. The number of aromatic nitrogens is 2. The summed E-state index contributed by atoms with van der Waals surface area (Å²) in [4.78, 5) is 11.7. The van der Waals surface area contributed by atoms with E-state index in [0.29, 0.717) is 39.8 Å². The highest BCUT2D eigenvalue weighted by molar-refractivity contribution is 7.99. The van der Waals surface area contributed by atoms with Gasteiger partial charge in [-0.15, -0.1) is 10.2 Å². The molecule has 1 aromatic heterocycles. The van der Waals surface area contributed by atoms with Gasteiger partial charge in [0.1, 0.15) is 5.03 Å². The lowest BCUT2D eigenvalue weighted by Crippen LogP contribution is -2.27. The van der Waals surface area contributed by atoms with Gasteiger partial charge >= 0.3 is 0 Å². The molecule has 26 heavy (non-hydrogen) atoms. The molecule has 3 rings (SSSR count). The van der Waals surface area contributed by atoms with Crippen LogP contribution in [0, 0.1) is 0 Å². The zero-order valence-electron chi connectivity index (χ0n) is 14.9. The Hall–Kier alpha value is -2.48. The Morgan fingerprint density at radius 3 is 2.31 bits per heavy atom. The lowest BCUT2D eigenvalue weighted by molar-refractivity contribution is -0.118. The lowest BCUT2D eigenvalue weighted by Gasteiger charge is -2.13. The molecule has 0 bridgehead atoms. The van der Waals surface area contributed by atoms with E-state index in [-0.39, 0.29) is 5.91 Å². The van der Waals surface area contributed by atoms with Crippen LogP contribution >= 0.6 is 11.8 Å². The smallest absolute Gasteiger partial charge is 0.230 e. The molecule has 1 saturated carbocycles. The quantitative estimate of drug-likeness (QED) is 0.710. The highest BCUT2D eigenvalue weighted by atomic mass is 32.2. The van der Waals surface area contributed by atoms with Crippen LogP contribution < -0.4 is 19.5 Å². The summed E-state index contributed by atoms with van der Waals surface area (Å²) in [5.74, 6) is 2.01. The first-order valence-electron chi connectivity index (χ1n) is 8.21. The van der Waals surface area contributed by atoms with E-state index in [1.54, 1.807) is 21.3 Å². The van der Waals surface area contributed by atoms with Gasteiger partial charge in [-0.05, 0) is 37.1 Å². The van der Waals surface area contributed by atoms with Gasteiger partial charge in [0.25, 0.3) is 0 Å². The van der Waals surface area contributed by atoms with E-state index < -0.39 is 0 Å². The van der Waals surface area contributed by atoms with Crippen molar-refractivity contribution in [1.29, 1.82) is 0 Å². The minimum absolute atomic E-state index is 0.0352. The van der Waals surface area contributed by atoms with Crippen molar-refractivity contribution in [1.82, 2.24) is 15.5 Å².